The van der Waals surface area contributed by atoms with Gasteiger partial charge in [0.15, 0.2) is 0 Å². The molecule has 0 bridgehead atoms. The van der Waals surface area contributed by atoms with E-state index in [1.807, 2.05) is 13.0 Å². The largest absolute Gasteiger partial charge is 0.309 e. The summed E-state index contributed by atoms with van der Waals surface area (Å²) in [5, 5.41) is 3.34. The molecule has 0 aromatic heterocycles. The summed E-state index contributed by atoms with van der Waals surface area (Å²) in [6.07, 6.45) is 2.20. The number of hydrogen-bond acceptors (Lipinski definition) is 1. The van der Waals surface area contributed by atoms with E-state index in [-0.39, 0.29) is 0 Å². The van der Waals surface area contributed by atoms with Crippen molar-refractivity contribution in [1.29, 1.82) is 0 Å². The lowest BCUT2D eigenvalue weighted by molar-refractivity contribution is 0.794. The molecule has 1 N–H and O–H groups in total. The van der Waals surface area contributed by atoms with Crippen LogP contribution in [0, 0.1) is 0 Å². The van der Waals surface area contributed by atoms with E-state index in [9.17, 15) is 0 Å². The van der Waals surface area contributed by atoms with Crippen LogP contribution in [0.1, 0.15) is 19.4 Å². The predicted octanol–water partition coefficient (Wildman–Crippen LogP) is 3.26. The molecule has 0 saturated carbocycles. The quantitative estimate of drug-likeness (QED) is 0.721. The topological polar surface area (TPSA) is 12.0 Å². The lowest BCUT2D eigenvalue weighted by Crippen LogP contribution is -2.17. The van der Waals surface area contributed by atoms with Gasteiger partial charge in [0.05, 0.1) is 0 Å². The van der Waals surface area contributed by atoms with Gasteiger partial charge in [0, 0.05) is 13.1 Å². The van der Waals surface area contributed by atoms with Crippen molar-refractivity contribution >= 4 is 6.08 Å². The summed E-state index contributed by atoms with van der Waals surface area (Å²) in [5.41, 5.74) is 3.76. The molecule has 15 heavy (non-hydrogen) atoms. The zero-order chi connectivity index (χ0) is 11.1. The molecule has 0 aliphatic rings. The Morgan fingerprint density at radius 1 is 1.20 bits per heavy atom. The predicted molar refractivity (Wildman–Crippen MR) is 67.8 cm³/mol. The molecular weight excluding hydrogens is 182 g/mol. The summed E-state index contributed by atoms with van der Waals surface area (Å²) >= 11 is 0. The first-order chi connectivity index (χ1) is 7.18. The fourth-order valence-electron chi connectivity index (χ4n) is 1.36. The number of rotatable bonds is 5. The molecule has 0 aliphatic heterocycles. The van der Waals surface area contributed by atoms with E-state index in [4.69, 9.17) is 0 Å². The van der Waals surface area contributed by atoms with E-state index in [0.29, 0.717) is 0 Å². The van der Waals surface area contributed by atoms with Gasteiger partial charge < -0.3 is 5.32 Å². The Morgan fingerprint density at radius 3 is 2.47 bits per heavy atom. The molecule has 0 heterocycles. The van der Waals surface area contributed by atoms with Crippen LogP contribution >= 0.6 is 0 Å². The summed E-state index contributed by atoms with van der Waals surface area (Å²) in [6, 6.07) is 10.4. The summed E-state index contributed by atoms with van der Waals surface area (Å²) in [7, 11) is 0. The Kier molecular flexibility index (Phi) is 4.85. The highest BCUT2D eigenvalue weighted by atomic mass is 14.8. The number of benzene rings is 1. The Labute approximate surface area is 92.5 Å². The second kappa shape index (κ2) is 6.20. The van der Waals surface area contributed by atoms with E-state index < -0.39 is 0 Å². The van der Waals surface area contributed by atoms with Crippen LogP contribution < -0.4 is 5.32 Å². The maximum atomic E-state index is 3.85. The molecule has 0 aliphatic carbocycles. The van der Waals surface area contributed by atoms with Crippen LogP contribution in [0.15, 0.2) is 48.1 Å². The molecular formula is C14H19N. The van der Waals surface area contributed by atoms with Gasteiger partial charge >= 0.3 is 0 Å². The third-order valence-electron chi connectivity index (χ3n) is 2.04. The maximum absolute atomic E-state index is 3.85. The summed E-state index contributed by atoms with van der Waals surface area (Å²) < 4.78 is 0. The van der Waals surface area contributed by atoms with Crippen LogP contribution in [0.2, 0.25) is 0 Å². The van der Waals surface area contributed by atoms with Gasteiger partial charge in [-0.1, -0.05) is 54.1 Å². The minimum Gasteiger partial charge on any atom is -0.309 e. The highest BCUT2D eigenvalue weighted by Gasteiger charge is 1.91. The second-order valence-electron chi connectivity index (χ2n) is 3.96. The van der Waals surface area contributed by atoms with E-state index in [1.54, 1.807) is 0 Å². The van der Waals surface area contributed by atoms with Gasteiger partial charge in [-0.15, -0.1) is 0 Å². The minimum absolute atomic E-state index is 0.889. The monoisotopic (exact) mass is 201 g/mol. The molecule has 1 nitrogen and oxygen atoms in total. The summed E-state index contributed by atoms with van der Waals surface area (Å²) in [5.74, 6) is 0. The molecule has 0 amide bonds. The van der Waals surface area contributed by atoms with E-state index in [0.717, 1.165) is 13.1 Å². The Hall–Kier alpha value is -1.34. The molecule has 1 aromatic carbocycles. The van der Waals surface area contributed by atoms with Crippen LogP contribution in [-0.4, -0.2) is 13.1 Å². The standard InChI is InChI=1S/C14H19N/c1-12(2)10-15-11-13(3)9-14-7-5-4-6-8-14/h4-9,15H,1,10-11H2,2-3H3/b13-9+. The molecule has 1 aromatic rings. The van der Waals surface area contributed by atoms with Crippen molar-refractivity contribution in [2.24, 2.45) is 0 Å². The lowest BCUT2D eigenvalue weighted by atomic mass is 10.1. The zero-order valence-corrected chi connectivity index (χ0v) is 9.59. The molecule has 0 radical (unpaired) electrons. The van der Waals surface area contributed by atoms with Crippen molar-refractivity contribution in [2.45, 2.75) is 13.8 Å². The van der Waals surface area contributed by atoms with Crippen molar-refractivity contribution in [2.75, 3.05) is 13.1 Å². The average molecular weight is 201 g/mol. The smallest absolute Gasteiger partial charge is 0.0168 e. The molecule has 0 saturated heterocycles. The Bertz CT molecular complexity index is 336. The highest BCUT2D eigenvalue weighted by Crippen LogP contribution is 2.05. The van der Waals surface area contributed by atoms with Crippen molar-refractivity contribution in [3.63, 3.8) is 0 Å². The van der Waals surface area contributed by atoms with Gasteiger partial charge in [-0.05, 0) is 19.4 Å². The van der Waals surface area contributed by atoms with E-state index >= 15 is 0 Å². The molecule has 0 unspecified atom stereocenters. The van der Waals surface area contributed by atoms with Crippen LogP contribution in [-0.2, 0) is 0 Å². The van der Waals surface area contributed by atoms with Crippen molar-refractivity contribution in [3.05, 3.63) is 53.6 Å². The molecule has 0 fully saturated rings. The van der Waals surface area contributed by atoms with Gasteiger partial charge in [-0.3, -0.25) is 0 Å². The van der Waals surface area contributed by atoms with E-state index in [2.05, 4.69) is 49.2 Å². The first-order valence-electron chi connectivity index (χ1n) is 5.26. The lowest BCUT2D eigenvalue weighted by Gasteiger charge is -2.04. The SMILES string of the molecule is C=C(C)CNC/C(C)=C/c1ccccc1. The van der Waals surface area contributed by atoms with Crippen molar-refractivity contribution in [3.8, 4) is 0 Å². The molecule has 1 rings (SSSR count). The summed E-state index contributed by atoms with van der Waals surface area (Å²) in [6.45, 7) is 9.83. The minimum atomic E-state index is 0.889. The Morgan fingerprint density at radius 2 is 1.87 bits per heavy atom. The van der Waals surface area contributed by atoms with Gasteiger partial charge in [0.1, 0.15) is 0 Å². The summed E-state index contributed by atoms with van der Waals surface area (Å²) in [4.78, 5) is 0. The average Bonchev–Trinajstić information content (AvgIpc) is 2.18. The van der Waals surface area contributed by atoms with Gasteiger partial charge in [-0.25, -0.2) is 0 Å². The highest BCUT2D eigenvalue weighted by molar-refractivity contribution is 5.52. The maximum Gasteiger partial charge on any atom is 0.0168 e. The van der Waals surface area contributed by atoms with Gasteiger partial charge in [-0.2, -0.15) is 0 Å². The molecule has 80 valence electrons. The number of nitrogens with one attached hydrogen (secondary N) is 1. The molecule has 0 atom stereocenters. The second-order valence-corrected chi connectivity index (χ2v) is 3.96. The van der Waals surface area contributed by atoms with Crippen LogP contribution in [0.3, 0.4) is 0 Å². The van der Waals surface area contributed by atoms with Crippen molar-refractivity contribution in [1.82, 2.24) is 5.32 Å². The van der Waals surface area contributed by atoms with Gasteiger partial charge in [0.25, 0.3) is 0 Å². The molecule has 0 spiro atoms. The van der Waals surface area contributed by atoms with E-state index in [1.165, 1.54) is 16.7 Å². The third-order valence-corrected chi connectivity index (χ3v) is 2.04. The van der Waals surface area contributed by atoms with Crippen LogP contribution in [0.5, 0.6) is 0 Å². The zero-order valence-electron chi connectivity index (χ0n) is 9.59. The fourth-order valence-corrected chi connectivity index (χ4v) is 1.36. The van der Waals surface area contributed by atoms with Crippen molar-refractivity contribution < 1.29 is 0 Å². The third kappa shape index (κ3) is 5.18. The molecule has 1 heteroatoms. The van der Waals surface area contributed by atoms with Crippen LogP contribution in [0.4, 0.5) is 0 Å². The first kappa shape index (κ1) is 11.7. The fraction of sp³-hybridized carbons (Fsp3) is 0.286. The first-order valence-corrected chi connectivity index (χ1v) is 5.26. The Balaban J connectivity index is 2.43. The van der Waals surface area contributed by atoms with Crippen LogP contribution in [0.25, 0.3) is 6.08 Å². The van der Waals surface area contributed by atoms with Gasteiger partial charge in [0.2, 0.25) is 0 Å². The number of hydrogen-bond donors (Lipinski definition) is 1. The normalized spacial score (nSPS) is 11.5.